The summed E-state index contributed by atoms with van der Waals surface area (Å²) in [5, 5.41) is 10.6. The molecule has 0 N–H and O–H groups in total. The highest BCUT2D eigenvalue weighted by Crippen LogP contribution is 2.44. The van der Waals surface area contributed by atoms with Gasteiger partial charge >= 0.3 is 0 Å². The Morgan fingerprint density at radius 2 is 2.03 bits per heavy atom. The van der Waals surface area contributed by atoms with E-state index in [1.165, 1.54) is 22.2 Å². The molecule has 4 rings (SSSR count). The number of nitriles is 1. The third-order valence-electron chi connectivity index (χ3n) is 6.47. The summed E-state index contributed by atoms with van der Waals surface area (Å²) in [5.74, 6) is 0.741. The summed E-state index contributed by atoms with van der Waals surface area (Å²) in [4.78, 5) is 3.43. The van der Waals surface area contributed by atoms with Crippen molar-refractivity contribution in [3.05, 3.63) is 75.6 Å². The summed E-state index contributed by atoms with van der Waals surface area (Å²) < 4.78 is 8.61. The van der Waals surface area contributed by atoms with Crippen molar-refractivity contribution >= 4 is 17.0 Å². The van der Waals surface area contributed by atoms with E-state index >= 15 is 0 Å². The van der Waals surface area contributed by atoms with Gasteiger partial charge in [-0.3, -0.25) is 0 Å². The van der Waals surface area contributed by atoms with Crippen LogP contribution in [0, 0.1) is 31.8 Å². The van der Waals surface area contributed by atoms with Crippen LogP contribution >= 0.6 is 0 Å². The first-order valence-corrected chi connectivity index (χ1v) is 10.1. The maximum atomic E-state index is 9.34. The van der Waals surface area contributed by atoms with E-state index in [1.54, 1.807) is 0 Å². The van der Waals surface area contributed by atoms with E-state index in [2.05, 4.69) is 60.7 Å². The summed E-state index contributed by atoms with van der Waals surface area (Å²) in [5.41, 5.74) is 5.65. The van der Waals surface area contributed by atoms with Gasteiger partial charge in [-0.25, -0.2) is 10.1 Å². The van der Waals surface area contributed by atoms with Crippen LogP contribution in [0.2, 0.25) is 0 Å². The maximum absolute atomic E-state index is 9.34. The van der Waals surface area contributed by atoms with Crippen LogP contribution in [-0.2, 0) is 11.8 Å². The van der Waals surface area contributed by atoms with Gasteiger partial charge in [0.2, 0.25) is 0 Å². The van der Waals surface area contributed by atoms with Crippen molar-refractivity contribution in [2.45, 2.75) is 51.6 Å². The van der Waals surface area contributed by atoms with Crippen LogP contribution in [0.3, 0.4) is 0 Å². The van der Waals surface area contributed by atoms with E-state index in [4.69, 9.17) is 11.3 Å². The van der Waals surface area contributed by atoms with Gasteiger partial charge in [-0.1, -0.05) is 12.1 Å². The summed E-state index contributed by atoms with van der Waals surface area (Å²) in [6.45, 7) is 11.6. The molecule has 1 spiro atoms. The predicted octanol–water partition coefficient (Wildman–Crippen LogP) is 6.12. The number of ether oxygens (including phenoxy) is 1. The number of fused-ring (bicyclic) bond motifs is 1. The van der Waals surface area contributed by atoms with Gasteiger partial charge in [-0.2, -0.15) is 0 Å². The van der Waals surface area contributed by atoms with Gasteiger partial charge in [-0.05, 0) is 80.5 Å². The number of hydrogen-bond donors (Lipinski definition) is 0. The molecule has 0 amide bonds. The standard InChI is InChI=1S/C25H25N3O/c1-17-18(2)28(4)24-10-8-19(13-22(17)24)7-9-21-14-20(23(16-26)27-3)15-25(29-21)11-5-6-12-25/h7-10,13-14H,5-6,11-12,15H2,1-2,4H3. The number of hydrogen-bond acceptors (Lipinski definition) is 2. The van der Waals surface area contributed by atoms with Crippen LogP contribution in [0.15, 0.2) is 47.4 Å². The molecule has 0 radical (unpaired) electrons. The predicted molar refractivity (Wildman–Crippen MR) is 116 cm³/mol. The van der Waals surface area contributed by atoms with Crippen molar-refractivity contribution in [1.29, 1.82) is 5.26 Å². The number of aromatic nitrogens is 1. The third-order valence-corrected chi connectivity index (χ3v) is 6.47. The summed E-state index contributed by atoms with van der Waals surface area (Å²) in [7, 11) is 2.10. The molecule has 2 heterocycles. The van der Waals surface area contributed by atoms with E-state index < -0.39 is 0 Å². The Morgan fingerprint density at radius 1 is 1.28 bits per heavy atom. The van der Waals surface area contributed by atoms with Gasteiger partial charge in [-0.15, -0.1) is 0 Å². The first-order valence-electron chi connectivity index (χ1n) is 10.1. The highest BCUT2D eigenvalue weighted by molar-refractivity contribution is 5.87. The Morgan fingerprint density at radius 3 is 2.72 bits per heavy atom. The molecule has 0 saturated heterocycles. The maximum Gasteiger partial charge on any atom is 0.265 e. The minimum Gasteiger partial charge on any atom is -0.487 e. The SMILES string of the molecule is [C-]#[N+]C(C#N)=C1C=C(C=Cc2ccc3c(c2)c(C)c(C)n3C)OC2(CCCC2)C1. The highest BCUT2D eigenvalue weighted by Gasteiger charge is 2.39. The van der Waals surface area contributed by atoms with Crippen LogP contribution < -0.4 is 0 Å². The molecule has 2 aromatic rings. The summed E-state index contributed by atoms with van der Waals surface area (Å²) in [6, 6.07) is 8.53. The van der Waals surface area contributed by atoms with E-state index in [0.717, 1.165) is 42.6 Å². The lowest BCUT2D eigenvalue weighted by atomic mass is 9.88. The molecule has 4 heteroatoms. The second kappa shape index (κ2) is 7.30. The van der Waals surface area contributed by atoms with Gasteiger partial charge in [0.25, 0.3) is 5.70 Å². The molecule has 0 atom stereocenters. The number of benzene rings is 1. The molecular formula is C25H25N3O. The minimum atomic E-state index is -0.256. The van der Waals surface area contributed by atoms with Gasteiger partial charge in [0.05, 0.1) is 12.6 Å². The average molecular weight is 383 g/mol. The van der Waals surface area contributed by atoms with Crippen LogP contribution in [0.4, 0.5) is 0 Å². The van der Waals surface area contributed by atoms with Crippen molar-refractivity contribution in [2.24, 2.45) is 7.05 Å². The van der Waals surface area contributed by atoms with Crippen molar-refractivity contribution in [3.8, 4) is 6.07 Å². The number of rotatable bonds is 2. The minimum absolute atomic E-state index is 0.183. The lowest BCUT2D eigenvalue weighted by Crippen LogP contribution is -2.31. The quantitative estimate of drug-likeness (QED) is 0.463. The van der Waals surface area contributed by atoms with Crippen LogP contribution in [0.1, 0.15) is 48.9 Å². The third kappa shape index (κ3) is 3.36. The summed E-state index contributed by atoms with van der Waals surface area (Å²) >= 11 is 0. The average Bonchev–Trinajstić information content (AvgIpc) is 3.25. The van der Waals surface area contributed by atoms with E-state index in [9.17, 15) is 5.26 Å². The fourth-order valence-electron chi connectivity index (χ4n) is 4.64. The Labute approximate surface area is 172 Å². The van der Waals surface area contributed by atoms with Gasteiger partial charge in [0.15, 0.2) is 0 Å². The monoisotopic (exact) mass is 383 g/mol. The molecule has 1 aliphatic carbocycles. The van der Waals surface area contributed by atoms with E-state index in [-0.39, 0.29) is 11.3 Å². The van der Waals surface area contributed by atoms with Crippen molar-refractivity contribution in [1.82, 2.24) is 4.57 Å². The second-order valence-corrected chi connectivity index (χ2v) is 8.19. The number of nitrogens with zero attached hydrogens (tertiary/aromatic N) is 3. The van der Waals surface area contributed by atoms with Crippen LogP contribution in [0.5, 0.6) is 0 Å². The smallest absolute Gasteiger partial charge is 0.265 e. The van der Waals surface area contributed by atoms with Crippen molar-refractivity contribution < 1.29 is 4.74 Å². The molecule has 1 aromatic carbocycles. The molecule has 1 aromatic heterocycles. The molecule has 29 heavy (non-hydrogen) atoms. The topological polar surface area (TPSA) is 42.3 Å². The molecule has 1 fully saturated rings. The first kappa shape index (κ1) is 19.1. The normalized spacial score (nSPS) is 19.8. The van der Waals surface area contributed by atoms with Gasteiger partial charge in [0.1, 0.15) is 11.4 Å². The van der Waals surface area contributed by atoms with Gasteiger partial charge < -0.3 is 9.30 Å². The molecule has 0 bridgehead atoms. The Balaban J connectivity index is 1.70. The molecular weight excluding hydrogens is 358 g/mol. The second-order valence-electron chi connectivity index (χ2n) is 8.19. The Hall–Kier alpha value is -3.24. The first-order chi connectivity index (χ1) is 14.0. The zero-order valence-electron chi connectivity index (χ0n) is 17.2. The van der Waals surface area contributed by atoms with E-state index in [0.29, 0.717) is 6.42 Å². The molecule has 4 nitrogen and oxygen atoms in total. The van der Waals surface area contributed by atoms with Crippen LogP contribution in [-0.4, -0.2) is 10.2 Å². The molecule has 146 valence electrons. The molecule has 1 aliphatic heterocycles. The van der Waals surface area contributed by atoms with Crippen molar-refractivity contribution in [2.75, 3.05) is 0 Å². The Kier molecular flexibility index (Phi) is 4.81. The molecule has 0 unspecified atom stereocenters. The largest absolute Gasteiger partial charge is 0.487 e. The summed E-state index contributed by atoms with van der Waals surface area (Å²) in [6.07, 6.45) is 10.8. The highest BCUT2D eigenvalue weighted by atomic mass is 16.5. The van der Waals surface area contributed by atoms with Crippen molar-refractivity contribution in [3.63, 3.8) is 0 Å². The fraction of sp³-hybridized carbons (Fsp3) is 0.360. The zero-order valence-corrected chi connectivity index (χ0v) is 17.2. The van der Waals surface area contributed by atoms with Gasteiger partial charge in [0, 0.05) is 30.1 Å². The number of allylic oxidation sites excluding steroid dienone is 3. The molecule has 2 aliphatic rings. The molecule has 1 saturated carbocycles. The Bertz CT molecular complexity index is 1140. The van der Waals surface area contributed by atoms with E-state index in [1.807, 2.05) is 12.2 Å². The lowest BCUT2D eigenvalue weighted by molar-refractivity contribution is 0.00776. The van der Waals surface area contributed by atoms with Crippen LogP contribution in [0.25, 0.3) is 21.8 Å². The zero-order chi connectivity index (χ0) is 20.6. The lowest BCUT2D eigenvalue weighted by Gasteiger charge is -2.35. The fourth-order valence-corrected chi connectivity index (χ4v) is 4.64. The number of aryl methyl sites for hydroxylation is 2.